The van der Waals surface area contributed by atoms with Gasteiger partial charge < -0.3 is 19.7 Å². The van der Waals surface area contributed by atoms with Crippen LogP contribution in [0.4, 0.5) is 0 Å². The molecular weight excluding hydrogens is 448 g/mol. The summed E-state index contributed by atoms with van der Waals surface area (Å²) in [4.78, 5) is 0. The van der Waals surface area contributed by atoms with Crippen molar-refractivity contribution in [1.29, 1.82) is 0 Å². The first-order valence-electron chi connectivity index (χ1n) is 14.1. The summed E-state index contributed by atoms with van der Waals surface area (Å²) in [5.74, 6) is 0.463. The van der Waals surface area contributed by atoms with Gasteiger partial charge in [-0.2, -0.15) is 0 Å². The Balaban J connectivity index is 1.43. The van der Waals surface area contributed by atoms with Gasteiger partial charge in [0, 0.05) is 24.2 Å². The second-order valence-corrected chi connectivity index (χ2v) is 13.8. The molecule has 0 bridgehead atoms. The van der Waals surface area contributed by atoms with Crippen molar-refractivity contribution < 1.29 is 19.7 Å². The fourth-order valence-corrected chi connectivity index (χ4v) is 8.55. The lowest BCUT2D eigenvalue weighted by Crippen LogP contribution is -2.57. The van der Waals surface area contributed by atoms with E-state index in [9.17, 15) is 10.2 Å². The van der Waals surface area contributed by atoms with Gasteiger partial charge in [-0.15, -0.1) is 0 Å². The van der Waals surface area contributed by atoms with Gasteiger partial charge in [-0.05, 0) is 79.4 Å². The van der Waals surface area contributed by atoms with Crippen LogP contribution in [0.1, 0.15) is 96.1 Å². The molecule has 1 aromatic rings. The van der Waals surface area contributed by atoms with Gasteiger partial charge in [0.15, 0.2) is 5.79 Å². The smallest absolute Gasteiger partial charge is 0.171 e. The third-order valence-electron chi connectivity index (χ3n) is 10.6. The zero-order chi connectivity index (χ0) is 25.5. The van der Waals surface area contributed by atoms with Crippen LogP contribution in [0.25, 0.3) is 5.57 Å². The van der Waals surface area contributed by atoms with Crippen LogP contribution in [0.5, 0.6) is 0 Å². The summed E-state index contributed by atoms with van der Waals surface area (Å²) in [5.41, 5.74) is 5.35. The first-order chi connectivity index (χ1) is 17.0. The number of allylic oxidation sites excluding steroid dienone is 2. The number of hydrogen-bond donors (Lipinski definition) is 2. The molecule has 4 nitrogen and oxygen atoms in total. The molecule has 1 spiro atoms. The van der Waals surface area contributed by atoms with Gasteiger partial charge in [0.05, 0.1) is 24.9 Å². The topological polar surface area (TPSA) is 58.9 Å². The molecule has 36 heavy (non-hydrogen) atoms. The first-order valence-corrected chi connectivity index (χ1v) is 14.1. The van der Waals surface area contributed by atoms with E-state index in [4.69, 9.17) is 9.47 Å². The minimum absolute atomic E-state index is 0.0147. The highest BCUT2D eigenvalue weighted by Gasteiger charge is 2.60. The second kappa shape index (κ2) is 8.27. The number of aliphatic hydroxyl groups is 2. The summed E-state index contributed by atoms with van der Waals surface area (Å²) in [5, 5.41) is 23.4. The predicted octanol–water partition coefficient (Wildman–Crippen LogP) is 6.38. The van der Waals surface area contributed by atoms with Gasteiger partial charge in [-0.1, -0.05) is 62.8 Å². The lowest BCUT2D eigenvalue weighted by molar-refractivity contribution is -0.322. The van der Waals surface area contributed by atoms with Crippen LogP contribution in [0.15, 0.2) is 42.0 Å². The fourth-order valence-electron chi connectivity index (χ4n) is 8.55. The van der Waals surface area contributed by atoms with Crippen LogP contribution in [0.2, 0.25) is 0 Å². The Bertz CT molecular complexity index is 1090. The molecule has 1 saturated heterocycles. The maximum atomic E-state index is 12.3. The quantitative estimate of drug-likeness (QED) is 0.471. The minimum Gasteiger partial charge on any atom is -0.393 e. The van der Waals surface area contributed by atoms with Gasteiger partial charge in [-0.3, -0.25) is 0 Å². The Kier molecular flexibility index (Phi) is 5.71. The molecule has 3 unspecified atom stereocenters. The molecule has 6 atom stereocenters. The molecule has 0 radical (unpaired) electrons. The van der Waals surface area contributed by atoms with Crippen molar-refractivity contribution in [3.8, 4) is 0 Å². The number of hydrogen-bond acceptors (Lipinski definition) is 4. The number of fused-ring (bicyclic) bond motifs is 4. The zero-order valence-corrected chi connectivity index (χ0v) is 22.6. The predicted molar refractivity (Wildman–Crippen MR) is 142 cm³/mol. The summed E-state index contributed by atoms with van der Waals surface area (Å²) in [7, 11) is 0. The summed E-state index contributed by atoms with van der Waals surface area (Å²) in [6.45, 7) is 14.3. The average Bonchev–Trinajstić information content (AvgIpc) is 3.14. The molecule has 4 fully saturated rings. The molecule has 6 rings (SSSR count). The number of ether oxygens (including phenoxy) is 2. The van der Waals surface area contributed by atoms with E-state index in [1.807, 2.05) is 0 Å². The molecule has 1 aromatic carbocycles. The third kappa shape index (κ3) is 3.78. The molecule has 2 N–H and O–H groups in total. The third-order valence-corrected chi connectivity index (χ3v) is 10.6. The fraction of sp³-hybridized carbons (Fsp3) is 0.688. The van der Waals surface area contributed by atoms with E-state index in [0.717, 1.165) is 50.5 Å². The SMILES string of the molecule is C=C(C)c1cccc(C2C[C@@]3(C)C(CC[C@@H]3O)C3CC[C@@]4(O)CC5(CCC4=C23)OCC(C)(C)CO5)c1. The summed E-state index contributed by atoms with van der Waals surface area (Å²) in [6, 6.07) is 8.84. The molecule has 1 heterocycles. The van der Waals surface area contributed by atoms with E-state index in [1.54, 1.807) is 0 Å². The highest BCUT2D eigenvalue weighted by molar-refractivity contribution is 5.62. The molecule has 5 aliphatic rings. The summed E-state index contributed by atoms with van der Waals surface area (Å²) >= 11 is 0. The van der Waals surface area contributed by atoms with Crippen LogP contribution in [-0.2, 0) is 9.47 Å². The van der Waals surface area contributed by atoms with Gasteiger partial charge in [0.25, 0.3) is 0 Å². The molecule has 4 heteroatoms. The molecule has 3 saturated carbocycles. The summed E-state index contributed by atoms with van der Waals surface area (Å²) in [6.07, 6.45) is 6.57. The Morgan fingerprint density at radius 1 is 1.06 bits per heavy atom. The van der Waals surface area contributed by atoms with Crippen molar-refractivity contribution >= 4 is 5.57 Å². The number of benzene rings is 1. The van der Waals surface area contributed by atoms with E-state index in [2.05, 4.69) is 58.5 Å². The van der Waals surface area contributed by atoms with E-state index in [-0.39, 0.29) is 22.9 Å². The maximum absolute atomic E-state index is 12.3. The Labute approximate surface area is 216 Å². The Morgan fingerprint density at radius 3 is 2.53 bits per heavy atom. The van der Waals surface area contributed by atoms with Crippen molar-refractivity contribution in [2.75, 3.05) is 13.2 Å². The molecule has 196 valence electrons. The van der Waals surface area contributed by atoms with Gasteiger partial charge in [0.2, 0.25) is 0 Å². The monoisotopic (exact) mass is 492 g/mol. The normalized spacial score (nSPS) is 40.9. The van der Waals surface area contributed by atoms with Crippen molar-refractivity contribution in [3.63, 3.8) is 0 Å². The second-order valence-electron chi connectivity index (χ2n) is 13.8. The maximum Gasteiger partial charge on any atom is 0.171 e. The van der Waals surface area contributed by atoms with E-state index >= 15 is 0 Å². The zero-order valence-electron chi connectivity index (χ0n) is 22.6. The van der Waals surface area contributed by atoms with E-state index in [1.165, 1.54) is 22.3 Å². The lowest BCUT2D eigenvalue weighted by atomic mass is 9.51. The van der Waals surface area contributed by atoms with E-state index in [0.29, 0.717) is 31.5 Å². The Morgan fingerprint density at radius 2 is 1.81 bits per heavy atom. The Hall–Kier alpha value is -1.46. The minimum atomic E-state index is -0.874. The van der Waals surface area contributed by atoms with Crippen molar-refractivity contribution in [2.45, 2.75) is 102 Å². The van der Waals surface area contributed by atoms with Crippen LogP contribution in [0.3, 0.4) is 0 Å². The molecular formula is C32H44O4. The molecule has 0 amide bonds. The molecule has 0 aromatic heterocycles. The first kappa shape index (κ1) is 24.9. The van der Waals surface area contributed by atoms with E-state index < -0.39 is 11.4 Å². The standard InChI is InChI=1S/C32H44O4/c1-20(2)21-7-6-8-22(15-21)24-16-30(5)25(9-10-27(30)33)23-11-13-31(34)17-32(14-12-26(31)28(23)24)35-18-29(3,4)19-36-32/h6-8,15,23-25,27,33-34H,1,9-14,16-19H2,2-5H3/t23?,24?,25?,27-,30-,31+/m0/s1. The largest absolute Gasteiger partial charge is 0.393 e. The highest BCUT2D eigenvalue weighted by Crippen LogP contribution is 2.65. The van der Waals surface area contributed by atoms with Crippen molar-refractivity contribution in [2.24, 2.45) is 22.7 Å². The lowest BCUT2D eigenvalue weighted by Gasteiger charge is -2.57. The van der Waals surface area contributed by atoms with Gasteiger partial charge in [-0.25, -0.2) is 0 Å². The van der Waals surface area contributed by atoms with Crippen LogP contribution >= 0.6 is 0 Å². The average molecular weight is 493 g/mol. The van der Waals surface area contributed by atoms with Crippen molar-refractivity contribution in [3.05, 3.63) is 53.1 Å². The number of rotatable bonds is 2. The molecule has 4 aliphatic carbocycles. The van der Waals surface area contributed by atoms with Gasteiger partial charge in [0.1, 0.15) is 0 Å². The van der Waals surface area contributed by atoms with Crippen LogP contribution in [-0.4, -0.2) is 40.9 Å². The van der Waals surface area contributed by atoms with Gasteiger partial charge >= 0.3 is 0 Å². The number of aliphatic hydroxyl groups excluding tert-OH is 1. The van der Waals surface area contributed by atoms with Crippen LogP contribution in [0, 0.1) is 22.7 Å². The highest BCUT2D eigenvalue weighted by atomic mass is 16.7. The summed E-state index contributed by atoms with van der Waals surface area (Å²) < 4.78 is 12.8. The molecule has 1 aliphatic heterocycles. The van der Waals surface area contributed by atoms with Crippen LogP contribution < -0.4 is 0 Å². The van der Waals surface area contributed by atoms with Crippen molar-refractivity contribution in [1.82, 2.24) is 0 Å².